The van der Waals surface area contributed by atoms with Gasteiger partial charge in [0.1, 0.15) is 23.4 Å². The molecule has 1 aromatic heterocycles. The lowest BCUT2D eigenvalue weighted by Crippen LogP contribution is -2.49. The summed E-state index contributed by atoms with van der Waals surface area (Å²) in [6, 6.07) is 5.13. The minimum atomic E-state index is -0.113. The number of piperazine rings is 1. The van der Waals surface area contributed by atoms with Gasteiger partial charge in [-0.05, 0) is 12.1 Å². The summed E-state index contributed by atoms with van der Waals surface area (Å²) in [7, 11) is 5.08. The maximum atomic E-state index is 13.1. The van der Waals surface area contributed by atoms with Crippen molar-refractivity contribution in [1.82, 2.24) is 19.8 Å². The maximum absolute atomic E-state index is 13.1. The topological polar surface area (TPSA) is 68.6 Å². The van der Waals surface area contributed by atoms with Gasteiger partial charge in [0.15, 0.2) is 0 Å². The molecule has 0 aliphatic carbocycles. The number of halogens is 1. The zero-order valence-corrected chi connectivity index (χ0v) is 15.4. The molecule has 1 N–H and O–H groups in total. The standard InChI is InChI=1S/C17H22N4O3.ClH/c1-20-8-7-19-16(20)14-11-18-6-9-21(14)17(22)13-5-4-12(23-2)10-15(13)24-3;/h4-5,7-8,10,14,18H,6,9,11H2,1-3H3;1H. The van der Waals surface area contributed by atoms with Crippen LogP contribution in [0.5, 0.6) is 11.5 Å². The minimum Gasteiger partial charge on any atom is -0.497 e. The number of nitrogens with zero attached hydrogens (tertiary/aromatic N) is 3. The lowest BCUT2D eigenvalue weighted by Gasteiger charge is -2.36. The predicted octanol–water partition coefficient (Wildman–Crippen LogP) is 1.65. The highest BCUT2D eigenvalue weighted by Crippen LogP contribution is 2.29. The molecule has 8 heteroatoms. The normalized spacial score (nSPS) is 16.9. The summed E-state index contributed by atoms with van der Waals surface area (Å²) in [5.41, 5.74) is 0.527. The van der Waals surface area contributed by atoms with Crippen molar-refractivity contribution in [3.8, 4) is 11.5 Å². The first-order valence-electron chi connectivity index (χ1n) is 7.86. The zero-order valence-electron chi connectivity index (χ0n) is 14.6. The Morgan fingerprint density at radius 2 is 2.12 bits per heavy atom. The van der Waals surface area contributed by atoms with Gasteiger partial charge >= 0.3 is 0 Å². The van der Waals surface area contributed by atoms with Gasteiger partial charge in [-0.2, -0.15) is 0 Å². The summed E-state index contributed by atoms with van der Waals surface area (Å²) < 4.78 is 12.5. The molecule has 1 unspecified atom stereocenters. The van der Waals surface area contributed by atoms with Gasteiger partial charge in [-0.25, -0.2) is 4.98 Å². The number of amides is 1. The van der Waals surface area contributed by atoms with Crippen LogP contribution in [0.25, 0.3) is 0 Å². The van der Waals surface area contributed by atoms with E-state index in [0.29, 0.717) is 30.2 Å². The van der Waals surface area contributed by atoms with Gasteiger partial charge < -0.3 is 24.3 Å². The van der Waals surface area contributed by atoms with Gasteiger partial charge in [0, 0.05) is 45.1 Å². The molecule has 0 spiro atoms. The van der Waals surface area contributed by atoms with Crippen LogP contribution in [-0.2, 0) is 7.05 Å². The van der Waals surface area contributed by atoms with Crippen LogP contribution in [0.3, 0.4) is 0 Å². The number of hydrogen-bond acceptors (Lipinski definition) is 5. The first kappa shape index (κ1) is 19.1. The van der Waals surface area contributed by atoms with Crippen LogP contribution >= 0.6 is 12.4 Å². The van der Waals surface area contributed by atoms with E-state index in [1.54, 1.807) is 38.6 Å². The van der Waals surface area contributed by atoms with Crippen LogP contribution in [0.1, 0.15) is 22.2 Å². The summed E-state index contributed by atoms with van der Waals surface area (Å²) in [6.45, 7) is 2.05. The molecule has 1 aliphatic heterocycles. The fourth-order valence-corrected chi connectivity index (χ4v) is 3.01. The molecule has 0 bridgehead atoms. The highest BCUT2D eigenvalue weighted by molar-refractivity contribution is 5.97. The van der Waals surface area contributed by atoms with Crippen LogP contribution in [0, 0.1) is 0 Å². The van der Waals surface area contributed by atoms with Crippen molar-refractivity contribution in [2.45, 2.75) is 6.04 Å². The van der Waals surface area contributed by atoms with E-state index in [1.165, 1.54) is 0 Å². The third-order valence-corrected chi connectivity index (χ3v) is 4.30. The van der Waals surface area contributed by atoms with Crippen LogP contribution in [0.2, 0.25) is 0 Å². The summed E-state index contributed by atoms with van der Waals surface area (Å²) in [5, 5.41) is 3.34. The average Bonchev–Trinajstić information content (AvgIpc) is 3.06. The van der Waals surface area contributed by atoms with E-state index in [-0.39, 0.29) is 24.4 Å². The number of benzene rings is 1. The Balaban J connectivity index is 0.00000225. The maximum Gasteiger partial charge on any atom is 0.258 e. The third-order valence-electron chi connectivity index (χ3n) is 4.30. The molecule has 1 amide bonds. The Labute approximate surface area is 153 Å². The number of hydrogen-bond donors (Lipinski definition) is 1. The number of carbonyl (C=O) groups is 1. The number of nitrogens with one attached hydrogen (secondary N) is 1. The second-order valence-electron chi connectivity index (χ2n) is 5.68. The SMILES string of the molecule is COc1ccc(C(=O)N2CCNCC2c2nccn2C)c(OC)c1.Cl. The highest BCUT2D eigenvalue weighted by atomic mass is 35.5. The molecule has 1 atom stereocenters. The third kappa shape index (κ3) is 3.72. The first-order chi connectivity index (χ1) is 11.7. The molecule has 7 nitrogen and oxygen atoms in total. The van der Waals surface area contributed by atoms with Crippen molar-refractivity contribution >= 4 is 18.3 Å². The second kappa shape index (κ2) is 8.22. The molecule has 0 saturated carbocycles. The molecule has 1 aromatic carbocycles. The van der Waals surface area contributed by atoms with E-state index in [0.717, 1.165) is 12.4 Å². The van der Waals surface area contributed by atoms with Crippen LogP contribution in [0.4, 0.5) is 0 Å². The lowest BCUT2D eigenvalue weighted by molar-refractivity contribution is 0.0617. The molecule has 25 heavy (non-hydrogen) atoms. The molecule has 1 aliphatic rings. The molecule has 0 radical (unpaired) electrons. The van der Waals surface area contributed by atoms with Crippen molar-refractivity contribution in [3.63, 3.8) is 0 Å². The van der Waals surface area contributed by atoms with Crippen molar-refractivity contribution in [2.24, 2.45) is 7.05 Å². The lowest BCUT2D eigenvalue weighted by atomic mass is 10.1. The fraction of sp³-hybridized carbons (Fsp3) is 0.412. The summed E-state index contributed by atoms with van der Waals surface area (Å²) in [6.07, 6.45) is 3.64. The first-order valence-corrected chi connectivity index (χ1v) is 7.86. The largest absolute Gasteiger partial charge is 0.497 e. The van der Waals surface area contributed by atoms with Crippen LogP contribution in [-0.4, -0.2) is 54.2 Å². The van der Waals surface area contributed by atoms with Gasteiger partial charge in [0.05, 0.1) is 19.8 Å². The van der Waals surface area contributed by atoms with E-state index in [2.05, 4.69) is 10.3 Å². The molecule has 136 valence electrons. The number of rotatable bonds is 4. The zero-order chi connectivity index (χ0) is 17.1. The Kier molecular flexibility index (Phi) is 6.27. The van der Waals surface area contributed by atoms with Gasteiger partial charge in [0.2, 0.25) is 0 Å². The van der Waals surface area contributed by atoms with Crippen molar-refractivity contribution in [2.75, 3.05) is 33.9 Å². The molecule has 2 heterocycles. The number of ether oxygens (including phenoxy) is 2. The van der Waals surface area contributed by atoms with Gasteiger partial charge in [-0.3, -0.25) is 4.79 Å². The van der Waals surface area contributed by atoms with Crippen LogP contribution in [0.15, 0.2) is 30.6 Å². The number of aromatic nitrogens is 2. The van der Waals surface area contributed by atoms with Gasteiger partial charge in [0.25, 0.3) is 5.91 Å². The Morgan fingerprint density at radius 3 is 2.76 bits per heavy atom. The number of methoxy groups -OCH3 is 2. The quantitative estimate of drug-likeness (QED) is 0.891. The number of imidazole rings is 1. The molecule has 3 rings (SSSR count). The fourth-order valence-electron chi connectivity index (χ4n) is 3.01. The van der Waals surface area contributed by atoms with E-state index >= 15 is 0 Å². The predicted molar refractivity (Wildman–Crippen MR) is 96.6 cm³/mol. The smallest absolute Gasteiger partial charge is 0.258 e. The monoisotopic (exact) mass is 366 g/mol. The Morgan fingerprint density at radius 1 is 1.32 bits per heavy atom. The molecule has 2 aromatic rings. The molecule has 1 fully saturated rings. The Bertz CT molecular complexity index is 734. The average molecular weight is 367 g/mol. The molecular formula is C17H23ClN4O3. The summed E-state index contributed by atoms with van der Waals surface area (Å²) >= 11 is 0. The van der Waals surface area contributed by atoms with Crippen molar-refractivity contribution in [1.29, 1.82) is 0 Å². The number of aryl methyl sites for hydroxylation is 1. The van der Waals surface area contributed by atoms with E-state index in [9.17, 15) is 4.79 Å². The number of carbonyl (C=O) groups excluding carboxylic acids is 1. The van der Waals surface area contributed by atoms with Gasteiger partial charge in [-0.1, -0.05) is 0 Å². The Hall–Kier alpha value is -2.25. The van der Waals surface area contributed by atoms with Gasteiger partial charge in [-0.15, -0.1) is 12.4 Å². The molecular weight excluding hydrogens is 344 g/mol. The molecule has 1 saturated heterocycles. The van der Waals surface area contributed by atoms with E-state index in [1.807, 2.05) is 22.7 Å². The van der Waals surface area contributed by atoms with Crippen molar-refractivity contribution < 1.29 is 14.3 Å². The van der Waals surface area contributed by atoms with E-state index in [4.69, 9.17) is 9.47 Å². The minimum absolute atomic E-state index is 0. The second-order valence-corrected chi connectivity index (χ2v) is 5.68. The van der Waals surface area contributed by atoms with Crippen LogP contribution < -0.4 is 14.8 Å². The summed E-state index contributed by atoms with van der Waals surface area (Å²) in [4.78, 5) is 19.4. The van der Waals surface area contributed by atoms with E-state index < -0.39 is 0 Å². The van der Waals surface area contributed by atoms with Crippen molar-refractivity contribution in [3.05, 3.63) is 42.0 Å². The highest BCUT2D eigenvalue weighted by Gasteiger charge is 2.32. The summed E-state index contributed by atoms with van der Waals surface area (Å²) in [5.74, 6) is 1.97.